The maximum Gasteiger partial charge on any atom is 0.191 e. The highest BCUT2D eigenvalue weighted by Gasteiger charge is 2.11. The van der Waals surface area contributed by atoms with Crippen LogP contribution in [0.3, 0.4) is 0 Å². The summed E-state index contributed by atoms with van der Waals surface area (Å²) in [6, 6.07) is 0. The molecule has 0 radical (unpaired) electrons. The molecule has 0 unspecified atom stereocenters. The molecule has 0 aromatic carbocycles. The lowest BCUT2D eigenvalue weighted by molar-refractivity contribution is 0.428. The average molecular weight is 280 g/mol. The molecule has 0 bridgehead atoms. The predicted octanol–water partition coefficient (Wildman–Crippen LogP) is 2.96. The molecule has 2 rings (SSSR count). The van der Waals surface area contributed by atoms with Crippen molar-refractivity contribution in [2.24, 2.45) is 10.7 Å². The van der Waals surface area contributed by atoms with Gasteiger partial charge in [-0.15, -0.1) is 11.3 Å². The Bertz CT molecular complexity index is 417. The molecule has 0 saturated carbocycles. The number of likely N-dealkylation sites (tertiary alicyclic amines) is 1. The molecular formula is C14H24N4S. The smallest absolute Gasteiger partial charge is 0.191 e. The van der Waals surface area contributed by atoms with Gasteiger partial charge in [0.1, 0.15) is 5.01 Å². The first-order valence-corrected chi connectivity index (χ1v) is 8.04. The van der Waals surface area contributed by atoms with Crippen molar-refractivity contribution >= 4 is 17.3 Å². The molecule has 2 heterocycles. The molecule has 2 N–H and O–H groups in total. The van der Waals surface area contributed by atoms with Crippen LogP contribution in [0.1, 0.15) is 56.2 Å². The number of guanidine groups is 1. The second-order valence-corrected chi connectivity index (χ2v) is 6.34. The largest absolute Gasteiger partial charge is 0.370 e. The maximum atomic E-state index is 6.09. The van der Waals surface area contributed by atoms with Crippen molar-refractivity contribution < 1.29 is 0 Å². The van der Waals surface area contributed by atoms with E-state index in [2.05, 4.69) is 34.1 Å². The first kappa shape index (κ1) is 14.3. The monoisotopic (exact) mass is 280 g/mol. The number of rotatable bonds is 3. The van der Waals surface area contributed by atoms with E-state index in [1.807, 2.05) is 0 Å². The number of hydrogen-bond acceptors (Lipinski definition) is 3. The van der Waals surface area contributed by atoms with Gasteiger partial charge in [0.2, 0.25) is 0 Å². The van der Waals surface area contributed by atoms with Crippen LogP contribution in [0.4, 0.5) is 0 Å². The lowest BCUT2D eigenvalue weighted by atomic mass is 10.2. The van der Waals surface area contributed by atoms with Gasteiger partial charge in [-0.3, -0.25) is 0 Å². The molecule has 19 heavy (non-hydrogen) atoms. The van der Waals surface area contributed by atoms with Crippen molar-refractivity contribution in [1.29, 1.82) is 0 Å². The second kappa shape index (κ2) is 6.89. The summed E-state index contributed by atoms with van der Waals surface area (Å²) in [6.45, 7) is 7.02. The first-order chi connectivity index (χ1) is 9.16. The minimum absolute atomic E-state index is 0.483. The van der Waals surface area contributed by atoms with Gasteiger partial charge in [-0.25, -0.2) is 9.98 Å². The van der Waals surface area contributed by atoms with Crippen LogP contribution in [0.15, 0.2) is 10.4 Å². The van der Waals surface area contributed by atoms with Gasteiger partial charge in [-0.2, -0.15) is 0 Å². The van der Waals surface area contributed by atoms with E-state index in [-0.39, 0.29) is 0 Å². The van der Waals surface area contributed by atoms with E-state index < -0.39 is 0 Å². The summed E-state index contributed by atoms with van der Waals surface area (Å²) in [5.41, 5.74) is 7.24. The minimum atomic E-state index is 0.483. The number of aromatic nitrogens is 1. The van der Waals surface area contributed by atoms with E-state index in [9.17, 15) is 0 Å². The number of nitrogens with zero attached hydrogens (tertiary/aromatic N) is 3. The summed E-state index contributed by atoms with van der Waals surface area (Å²) in [5.74, 6) is 1.17. The van der Waals surface area contributed by atoms with E-state index in [4.69, 9.17) is 5.73 Å². The molecular weight excluding hydrogens is 256 g/mol. The van der Waals surface area contributed by atoms with Gasteiger partial charge >= 0.3 is 0 Å². The van der Waals surface area contributed by atoms with Crippen molar-refractivity contribution in [3.63, 3.8) is 0 Å². The molecule has 1 aliphatic heterocycles. The van der Waals surface area contributed by atoms with Crippen LogP contribution in [-0.2, 0) is 6.54 Å². The van der Waals surface area contributed by atoms with Crippen LogP contribution in [-0.4, -0.2) is 28.9 Å². The van der Waals surface area contributed by atoms with E-state index in [1.54, 1.807) is 11.3 Å². The van der Waals surface area contributed by atoms with Crippen molar-refractivity contribution in [3.8, 4) is 0 Å². The van der Waals surface area contributed by atoms with Crippen molar-refractivity contribution in [3.05, 3.63) is 16.1 Å². The zero-order chi connectivity index (χ0) is 13.7. The number of aliphatic imine (C=N–C) groups is 1. The van der Waals surface area contributed by atoms with Crippen LogP contribution in [0.25, 0.3) is 0 Å². The normalized spacial score (nSPS) is 17.8. The molecule has 1 aromatic heterocycles. The zero-order valence-corrected chi connectivity index (χ0v) is 12.7. The molecule has 4 nitrogen and oxygen atoms in total. The maximum absolute atomic E-state index is 6.09. The quantitative estimate of drug-likeness (QED) is 0.684. The third-order valence-corrected chi connectivity index (χ3v) is 4.32. The van der Waals surface area contributed by atoms with Gasteiger partial charge in [0.25, 0.3) is 0 Å². The Morgan fingerprint density at radius 3 is 2.63 bits per heavy atom. The van der Waals surface area contributed by atoms with Crippen molar-refractivity contribution in [1.82, 2.24) is 9.88 Å². The highest BCUT2D eigenvalue weighted by molar-refractivity contribution is 7.09. The van der Waals surface area contributed by atoms with Gasteiger partial charge in [0.05, 0.1) is 12.2 Å². The van der Waals surface area contributed by atoms with E-state index in [0.717, 1.165) is 23.8 Å². The van der Waals surface area contributed by atoms with Gasteiger partial charge in [0.15, 0.2) is 5.96 Å². The summed E-state index contributed by atoms with van der Waals surface area (Å²) >= 11 is 1.68. The summed E-state index contributed by atoms with van der Waals surface area (Å²) in [5, 5.41) is 3.18. The highest BCUT2D eigenvalue weighted by atomic mass is 32.1. The van der Waals surface area contributed by atoms with E-state index >= 15 is 0 Å². The number of nitrogens with two attached hydrogens (primary N) is 1. The molecule has 0 spiro atoms. The Hall–Kier alpha value is -1.10. The fraction of sp³-hybridized carbons (Fsp3) is 0.714. The summed E-state index contributed by atoms with van der Waals surface area (Å²) < 4.78 is 0. The number of thiazole rings is 1. The molecule has 106 valence electrons. The number of hydrogen-bond donors (Lipinski definition) is 1. The summed E-state index contributed by atoms with van der Waals surface area (Å²) in [4.78, 5) is 11.3. The molecule has 0 amide bonds. The Kier molecular flexibility index (Phi) is 5.19. The Labute approximate surface area is 119 Å². The Morgan fingerprint density at radius 2 is 2.05 bits per heavy atom. The minimum Gasteiger partial charge on any atom is -0.370 e. The fourth-order valence-corrected chi connectivity index (χ4v) is 3.09. The van der Waals surface area contributed by atoms with Crippen molar-refractivity contribution in [2.75, 3.05) is 13.1 Å². The molecule has 5 heteroatoms. The van der Waals surface area contributed by atoms with Gasteiger partial charge < -0.3 is 10.6 Å². The lowest BCUT2D eigenvalue weighted by Crippen LogP contribution is -2.38. The Morgan fingerprint density at radius 1 is 1.37 bits per heavy atom. The topological polar surface area (TPSA) is 54.5 Å². The molecule has 1 aromatic rings. The van der Waals surface area contributed by atoms with Gasteiger partial charge in [0, 0.05) is 18.5 Å². The highest BCUT2D eigenvalue weighted by Crippen LogP contribution is 2.18. The third kappa shape index (κ3) is 4.20. The molecule has 1 fully saturated rings. The van der Waals surface area contributed by atoms with Crippen LogP contribution < -0.4 is 5.73 Å². The SMILES string of the molecule is CC(C)c1csc(CN=C(N)N2CCCCCC2)n1. The fourth-order valence-electron chi connectivity index (χ4n) is 2.21. The lowest BCUT2D eigenvalue weighted by Gasteiger charge is -2.20. The predicted molar refractivity (Wildman–Crippen MR) is 81.6 cm³/mol. The molecule has 0 atom stereocenters. The van der Waals surface area contributed by atoms with Crippen LogP contribution in [0, 0.1) is 0 Å². The second-order valence-electron chi connectivity index (χ2n) is 5.40. The first-order valence-electron chi connectivity index (χ1n) is 7.16. The molecule has 1 saturated heterocycles. The van der Waals surface area contributed by atoms with E-state index in [1.165, 1.54) is 25.7 Å². The van der Waals surface area contributed by atoms with Crippen molar-refractivity contribution in [2.45, 2.75) is 52.0 Å². The molecule has 1 aliphatic rings. The zero-order valence-electron chi connectivity index (χ0n) is 11.9. The standard InChI is InChI=1S/C14H24N4S/c1-11(2)12-10-19-13(17-12)9-16-14(15)18-7-5-3-4-6-8-18/h10-11H,3-9H2,1-2H3,(H2,15,16). The summed E-state index contributed by atoms with van der Waals surface area (Å²) in [7, 11) is 0. The Balaban J connectivity index is 1.92. The summed E-state index contributed by atoms with van der Waals surface area (Å²) in [6.07, 6.45) is 5.08. The van der Waals surface area contributed by atoms with Gasteiger partial charge in [-0.1, -0.05) is 26.7 Å². The average Bonchev–Trinajstić information content (AvgIpc) is 2.70. The molecule has 0 aliphatic carbocycles. The van der Waals surface area contributed by atoms with E-state index in [0.29, 0.717) is 18.4 Å². The van der Waals surface area contributed by atoms with Gasteiger partial charge in [-0.05, 0) is 18.8 Å². The van der Waals surface area contributed by atoms with Crippen LogP contribution >= 0.6 is 11.3 Å². The van der Waals surface area contributed by atoms with Crippen LogP contribution in [0.5, 0.6) is 0 Å². The third-order valence-electron chi connectivity index (χ3n) is 3.47. The van der Waals surface area contributed by atoms with Crippen LogP contribution in [0.2, 0.25) is 0 Å².